The van der Waals surface area contributed by atoms with Gasteiger partial charge in [0.05, 0.1) is 24.1 Å². The fourth-order valence-electron chi connectivity index (χ4n) is 2.63. The first-order chi connectivity index (χ1) is 9.74. The van der Waals surface area contributed by atoms with Gasteiger partial charge in [-0.05, 0) is 25.0 Å². The Morgan fingerprint density at radius 1 is 1.55 bits per heavy atom. The molecule has 5 nitrogen and oxygen atoms in total. The molecule has 1 aromatic rings. The van der Waals surface area contributed by atoms with Crippen LogP contribution in [0.25, 0.3) is 0 Å². The van der Waals surface area contributed by atoms with Crippen LogP contribution in [0.3, 0.4) is 0 Å². The van der Waals surface area contributed by atoms with Gasteiger partial charge in [0.25, 0.3) is 5.91 Å². The molecule has 20 heavy (non-hydrogen) atoms. The third-order valence-electron chi connectivity index (χ3n) is 3.63. The van der Waals surface area contributed by atoms with E-state index in [0.717, 1.165) is 19.4 Å². The van der Waals surface area contributed by atoms with Crippen molar-refractivity contribution in [1.29, 1.82) is 0 Å². The second-order valence-electron chi connectivity index (χ2n) is 5.05. The Kier molecular flexibility index (Phi) is 3.93. The number of carbonyl (C=O) groups excluding carboxylic acids is 1. The second kappa shape index (κ2) is 5.85. The fraction of sp³-hybridized carbons (Fsp3) is 0.571. The molecule has 0 aliphatic carbocycles. The van der Waals surface area contributed by atoms with Crippen molar-refractivity contribution in [2.75, 3.05) is 31.3 Å². The minimum absolute atomic E-state index is 0.0245. The van der Waals surface area contributed by atoms with E-state index in [-0.39, 0.29) is 18.6 Å². The maximum absolute atomic E-state index is 13.0. The summed E-state index contributed by atoms with van der Waals surface area (Å²) < 4.78 is 23.9. The van der Waals surface area contributed by atoms with Crippen molar-refractivity contribution < 1.29 is 18.7 Å². The number of nitrogens with zero attached hydrogens (tertiary/aromatic N) is 2. The quantitative estimate of drug-likeness (QED) is 0.780. The van der Waals surface area contributed by atoms with E-state index < -0.39 is 5.95 Å². The van der Waals surface area contributed by atoms with Crippen LogP contribution in [0, 0.1) is 5.95 Å². The molecule has 0 aromatic carbocycles. The smallest absolute Gasteiger partial charge is 0.253 e. The number of hydrogen-bond acceptors (Lipinski definition) is 4. The lowest BCUT2D eigenvalue weighted by molar-refractivity contribution is -0.124. The Morgan fingerprint density at radius 3 is 3.25 bits per heavy atom. The first-order valence-corrected chi connectivity index (χ1v) is 6.89. The topological polar surface area (TPSA) is 51.7 Å². The lowest BCUT2D eigenvalue weighted by Crippen LogP contribution is -2.33. The average Bonchev–Trinajstić information content (AvgIpc) is 3.07. The Bertz CT molecular complexity index is 503. The van der Waals surface area contributed by atoms with Gasteiger partial charge in [0.2, 0.25) is 5.95 Å². The number of amides is 1. The summed E-state index contributed by atoms with van der Waals surface area (Å²) in [5, 5.41) is 0. The molecule has 1 amide bonds. The van der Waals surface area contributed by atoms with Gasteiger partial charge in [0.15, 0.2) is 0 Å². The van der Waals surface area contributed by atoms with E-state index in [1.807, 2.05) is 0 Å². The molecule has 1 aromatic heterocycles. The first-order valence-electron chi connectivity index (χ1n) is 6.89. The first kappa shape index (κ1) is 13.5. The zero-order valence-corrected chi connectivity index (χ0v) is 11.2. The number of halogens is 1. The van der Waals surface area contributed by atoms with Crippen molar-refractivity contribution in [1.82, 2.24) is 4.98 Å². The summed E-state index contributed by atoms with van der Waals surface area (Å²) in [6, 6.07) is 2.88. The molecular weight excluding hydrogens is 263 g/mol. The summed E-state index contributed by atoms with van der Waals surface area (Å²) in [5.41, 5.74) is 1.33. The molecule has 1 atom stereocenters. The molecule has 3 heterocycles. The van der Waals surface area contributed by atoms with E-state index >= 15 is 0 Å². The van der Waals surface area contributed by atoms with E-state index in [0.29, 0.717) is 31.0 Å². The minimum Gasteiger partial charge on any atom is -0.376 e. The summed E-state index contributed by atoms with van der Waals surface area (Å²) in [5.74, 6) is -0.622. The van der Waals surface area contributed by atoms with Gasteiger partial charge < -0.3 is 14.4 Å². The highest BCUT2D eigenvalue weighted by atomic mass is 19.1. The monoisotopic (exact) mass is 280 g/mol. The summed E-state index contributed by atoms with van der Waals surface area (Å²) in [7, 11) is 0. The number of carbonyl (C=O) groups is 1. The maximum Gasteiger partial charge on any atom is 0.253 e. The zero-order valence-electron chi connectivity index (χ0n) is 11.2. The number of ether oxygens (including phenoxy) is 2. The van der Waals surface area contributed by atoms with Crippen LogP contribution in [0.2, 0.25) is 0 Å². The molecule has 0 bridgehead atoms. The lowest BCUT2D eigenvalue weighted by atomic mass is 10.2. The molecule has 2 aliphatic rings. The molecule has 3 rings (SSSR count). The van der Waals surface area contributed by atoms with Crippen LogP contribution in [-0.4, -0.2) is 43.4 Å². The number of rotatable bonds is 4. The molecule has 0 N–H and O–H groups in total. The van der Waals surface area contributed by atoms with E-state index in [9.17, 15) is 9.18 Å². The highest BCUT2D eigenvalue weighted by Crippen LogP contribution is 2.26. The predicted octanol–water partition coefficient (Wildman–Crippen LogP) is 1.31. The Balaban J connectivity index is 1.53. The average molecular weight is 280 g/mol. The summed E-state index contributed by atoms with van der Waals surface area (Å²) in [6.45, 7) is 1.79. The van der Waals surface area contributed by atoms with Crippen molar-refractivity contribution in [3.8, 4) is 0 Å². The largest absolute Gasteiger partial charge is 0.376 e. The van der Waals surface area contributed by atoms with Gasteiger partial charge in [-0.1, -0.05) is 0 Å². The van der Waals surface area contributed by atoms with Gasteiger partial charge >= 0.3 is 0 Å². The van der Waals surface area contributed by atoms with Crippen LogP contribution in [0.5, 0.6) is 0 Å². The van der Waals surface area contributed by atoms with Crippen molar-refractivity contribution in [2.24, 2.45) is 0 Å². The highest BCUT2D eigenvalue weighted by molar-refractivity contribution is 5.95. The second-order valence-corrected chi connectivity index (χ2v) is 5.05. The molecule has 6 heteroatoms. The standard InChI is InChI=1S/C14H17FN2O3/c15-13-4-3-12-11(16-13)5-6-17(12)14(18)9-19-8-10-2-1-7-20-10/h3-4,10H,1-2,5-9H2. The van der Waals surface area contributed by atoms with Gasteiger partial charge in [0.1, 0.15) is 6.61 Å². The molecule has 0 spiro atoms. The molecule has 1 fully saturated rings. The highest BCUT2D eigenvalue weighted by Gasteiger charge is 2.26. The van der Waals surface area contributed by atoms with Crippen LogP contribution in [0.15, 0.2) is 12.1 Å². The number of anilines is 1. The maximum atomic E-state index is 13.0. The van der Waals surface area contributed by atoms with E-state index in [1.54, 1.807) is 11.0 Å². The van der Waals surface area contributed by atoms with Crippen LogP contribution >= 0.6 is 0 Å². The molecular formula is C14H17FN2O3. The van der Waals surface area contributed by atoms with Crippen molar-refractivity contribution >= 4 is 11.6 Å². The summed E-state index contributed by atoms with van der Waals surface area (Å²) in [6.07, 6.45) is 2.75. The van der Waals surface area contributed by atoms with Gasteiger partial charge in [-0.3, -0.25) is 4.79 Å². The van der Waals surface area contributed by atoms with Crippen LogP contribution in [-0.2, 0) is 20.7 Å². The molecule has 0 saturated carbocycles. The Labute approximate surface area is 116 Å². The van der Waals surface area contributed by atoms with Gasteiger partial charge in [0, 0.05) is 19.6 Å². The third-order valence-corrected chi connectivity index (χ3v) is 3.63. The SMILES string of the molecule is O=C(COCC1CCCO1)N1CCc2nc(F)ccc21. The third kappa shape index (κ3) is 2.81. The lowest BCUT2D eigenvalue weighted by Gasteiger charge is -2.17. The zero-order chi connectivity index (χ0) is 13.9. The van der Waals surface area contributed by atoms with Crippen LogP contribution < -0.4 is 4.90 Å². The number of pyridine rings is 1. The van der Waals surface area contributed by atoms with E-state index in [4.69, 9.17) is 9.47 Å². The molecule has 1 saturated heterocycles. The van der Waals surface area contributed by atoms with Crippen LogP contribution in [0.1, 0.15) is 18.5 Å². The Hall–Kier alpha value is -1.53. The van der Waals surface area contributed by atoms with Crippen molar-refractivity contribution in [2.45, 2.75) is 25.4 Å². The van der Waals surface area contributed by atoms with Crippen LogP contribution in [0.4, 0.5) is 10.1 Å². The molecule has 108 valence electrons. The number of fused-ring (bicyclic) bond motifs is 1. The van der Waals surface area contributed by atoms with E-state index in [1.165, 1.54) is 6.07 Å². The van der Waals surface area contributed by atoms with Crippen molar-refractivity contribution in [3.63, 3.8) is 0 Å². The Morgan fingerprint density at radius 2 is 2.45 bits per heavy atom. The predicted molar refractivity (Wildman–Crippen MR) is 70.0 cm³/mol. The summed E-state index contributed by atoms with van der Waals surface area (Å²) in [4.78, 5) is 17.5. The van der Waals surface area contributed by atoms with Crippen molar-refractivity contribution in [3.05, 3.63) is 23.8 Å². The van der Waals surface area contributed by atoms with Gasteiger partial charge in [-0.2, -0.15) is 4.39 Å². The molecule has 1 unspecified atom stereocenters. The minimum atomic E-state index is -0.507. The summed E-state index contributed by atoms with van der Waals surface area (Å²) >= 11 is 0. The fourth-order valence-corrected chi connectivity index (χ4v) is 2.63. The van der Waals surface area contributed by atoms with Gasteiger partial charge in [-0.25, -0.2) is 4.98 Å². The van der Waals surface area contributed by atoms with Gasteiger partial charge in [-0.15, -0.1) is 0 Å². The van der Waals surface area contributed by atoms with E-state index in [2.05, 4.69) is 4.98 Å². The number of aromatic nitrogens is 1. The molecule has 2 aliphatic heterocycles. The normalized spacial score (nSPS) is 21.2. The molecule has 0 radical (unpaired) electrons. The number of hydrogen-bond donors (Lipinski definition) is 0.